The zero-order valence-corrected chi connectivity index (χ0v) is 17.8. The van der Waals surface area contributed by atoms with Crippen LogP contribution in [0.4, 0.5) is 26.3 Å². The zero-order chi connectivity index (χ0) is 25.7. The van der Waals surface area contributed by atoms with E-state index in [-0.39, 0.29) is 22.5 Å². The Morgan fingerprint density at radius 3 is 2.28 bits per heavy atom. The lowest BCUT2D eigenvalue weighted by atomic mass is 10.1. The maximum absolute atomic E-state index is 13.6. The lowest BCUT2D eigenvalue weighted by Gasteiger charge is -2.16. The fourth-order valence-electron chi connectivity index (χ4n) is 3.68. The van der Waals surface area contributed by atoms with Crippen molar-refractivity contribution >= 4 is 10.9 Å². The first-order chi connectivity index (χ1) is 17.0. The number of para-hydroxylation sites is 1. The van der Waals surface area contributed by atoms with E-state index in [0.29, 0.717) is 17.8 Å². The van der Waals surface area contributed by atoms with Gasteiger partial charge in [0.1, 0.15) is 5.69 Å². The van der Waals surface area contributed by atoms with E-state index in [1.165, 1.54) is 47.7 Å². The van der Waals surface area contributed by atoms with Crippen molar-refractivity contribution in [1.29, 1.82) is 0 Å². The summed E-state index contributed by atoms with van der Waals surface area (Å²) in [5.41, 5.74) is -4.37. The van der Waals surface area contributed by atoms with Gasteiger partial charge in [-0.25, -0.2) is 14.3 Å². The number of fused-ring (bicyclic) bond motifs is 1. The van der Waals surface area contributed by atoms with Crippen molar-refractivity contribution in [1.82, 2.24) is 29.5 Å². The summed E-state index contributed by atoms with van der Waals surface area (Å²) in [5.74, 6) is 0. The standard InChI is InChI=1S/C23H12F6N6O/c24-22(25,26)15-3-1-2-14-17(12-19(23(27,28)29)32-20(14)15)35-16(6-10-31-35)21-18(36)7-11-34(33-21)13-4-8-30-9-5-13/h1-12H. The number of benzene rings is 1. The molecular weight excluding hydrogens is 490 g/mol. The molecule has 5 aromatic rings. The number of pyridine rings is 2. The maximum atomic E-state index is 13.6. The van der Waals surface area contributed by atoms with Gasteiger partial charge in [0.15, 0.2) is 5.69 Å². The van der Waals surface area contributed by atoms with Crippen molar-refractivity contribution in [2.45, 2.75) is 12.4 Å². The quantitative estimate of drug-likeness (QED) is 0.322. The third kappa shape index (κ3) is 4.08. The summed E-state index contributed by atoms with van der Waals surface area (Å²) >= 11 is 0. The molecule has 0 saturated carbocycles. The van der Waals surface area contributed by atoms with Gasteiger partial charge in [-0.1, -0.05) is 12.1 Å². The van der Waals surface area contributed by atoms with Crippen molar-refractivity contribution < 1.29 is 26.3 Å². The summed E-state index contributed by atoms with van der Waals surface area (Å²) in [5, 5.41) is 8.05. The number of hydrogen-bond acceptors (Lipinski definition) is 5. The molecule has 0 aliphatic heterocycles. The summed E-state index contributed by atoms with van der Waals surface area (Å²) < 4.78 is 84.1. The number of aromatic nitrogens is 6. The highest BCUT2D eigenvalue weighted by Gasteiger charge is 2.38. The van der Waals surface area contributed by atoms with Crippen molar-refractivity contribution in [2.24, 2.45) is 0 Å². The Kier molecular flexibility index (Phi) is 5.34. The summed E-state index contributed by atoms with van der Waals surface area (Å²) in [6, 6.07) is 9.25. The summed E-state index contributed by atoms with van der Waals surface area (Å²) in [7, 11) is 0. The highest BCUT2D eigenvalue weighted by atomic mass is 19.4. The first-order valence-corrected chi connectivity index (χ1v) is 10.2. The van der Waals surface area contributed by atoms with Crippen LogP contribution in [0.2, 0.25) is 0 Å². The smallest absolute Gasteiger partial charge is 0.287 e. The van der Waals surface area contributed by atoms with Gasteiger partial charge >= 0.3 is 12.4 Å². The van der Waals surface area contributed by atoms with Gasteiger partial charge in [0.05, 0.1) is 34.3 Å². The lowest BCUT2D eigenvalue weighted by Crippen LogP contribution is -2.16. The summed E-state index contributed by atoms with van der Waals surface area (Å²) in [6.45, 7) is 0. The summed E-state index contributed by atoms with van der Waals surface area (Å²) in [6.07, 6.45) is -4.42. The van der Waals surface area contributed by atoms with Crippen molar-refractivity contribution in [3.8, 4) is 22.8 Å². The Morgan fingerprint density at radius 2 is 1.58 bits per heavy atom. The fourth-order valence-corrected chi connectivity index (χ4v) is 3.68. The molecular formula is C23H12F6N6O. The normalized spacial score (nSPS) is 12.3. The molecule has 0 amide bonds. The van der Waals surface area contributed by atoms with Crippen LogP contribution in [0.5, 0.6) is 0 Å². The van der Waals surface area contributed by atoms with Gasteiger partial charge in [-0.3, -0.25) is 9.78 Å². The second-order valence-corrected chi connectivity index (χ2v) is 7.53. The third-order valence-corrected chi connectivity index (χ3v) is 5.26. The average molecular weight is 502 g/mol. The molecule has 0 aliphatic rings. The minimum atomic E-state index is -5.05. The number of rotatable bonds is 3. The predicted octanol–water partition coefficient (Wildman–Crippen LogP) is 5.07. The molecule has 0 fully saturated rings. The largest absolute Gasteiger partial charge is 0.433 e. The minimum Gasteiger partial charge on any atom is -0.287 e. The molecule has 4 heterocycles. The molecule has 0 bridgehead atoms. The number of alkyl halides is 6. The first kappa shape index (κ1) is 23.2. The lowest BCUT2D eigenvalue weighted by molar-refractivity contribution is -0.142. The molecule has 13 heteroatoms. The van der Waals surface area contributed by atoms with Crippen LogP contribution in [0.25, 0.3) is 33.7 Å². The van der Waals surface area contributed by atoms with Crippen LogP contribution >= 0.6 is 0 Å². The van der Waals surface area contributed by atoms with Crippen molar-refractivity contribution in [3.63, 3.8) is 0 Å². The van der Waals surface area contributed by atoms with Crippen LogP contribution in [0, 0.1) is 0 Å². The molecule has 0 atom stereocenters. The molecule has 36 heavy (non-hydrogen) atoms. The maximum Gasteiger partial charge on any atom is 0.433 e. The Hall–Kier alpha value is -4.55. The number of halogens is 6. The van der Waals surface area contributed by atoms with Gasteiger partial charge in [0, 0.05) is 30.0 Å². The van der Waals surface area contributed by atoms with E-state index in [2.05, 4.69) is 20.2 Å². The van der Waals surface area contributed by atoms with Crippen LogP contribution in [0.3, 0.4) is 0 Å². The van der Waals surface area contributed by atoms with Crippen LogP contribution in [0.15, 0.2) is 78.1 Å². The van der Waals surface area contributed by atoms with Gasteiger partial charge in [-0.15, -0.1) is 0 Å². The van der Waals surface area contributed by atoms with Crippen LogP contribution in [-0.4, -0.2) is 29.5 Å². The highest BCUT2D eigenvalue weighted by molar-refractivity contribution is 5.90. The van der Waals surface area contributed by atoms with E-state index in [4.69, 9.17) is 0 Å². The Labute approximate surface area is 197 Å². The summed E-state index contributed by atoms with van der Waals surface area (Å²) in [4.78, 5) is 19.9. The monoisotopic (exact) mass is 502 g/mol. The predicted molar refractivity (Wildman–Crippen MR) is 115 cm³/mol. The van der Waals surface area contributed by atoms with E-state index in [0.717, 1.165) is 10.7 Å². The SMILES string of the molecule is O=c1ccn(-c2ccncc2)nc1-c1ccnn1-c1cc(C(F)(F)F)nc2c(C(F)(F)F)cccc12. The molecule has 182 valence electrons. The number of nitrogens with zero attached hydrogens (tertiary/aromatic N) is 6. The zero-order valence-electron chi connectivity index (χ0n) is 17.8. The molecule has 0 saturated heterocycles. The van der Waals surface area contributed by atoms with Gasteiger partial charge in [-0.2, -0.15) is 36.5 Å². The second kappa shape index (κ2) is 8.29. The fraction of sp³-hybridized carbons (Fsp3) is 0.0870. The van der Waals surface area contributed by atoms with E-state index in [1.54, 1.807) is 12.1 Å². The van der Waals surface area contributed by atoms with Crippen molar-refractivity contribution in [2.75, 3.05) is 0 Å². The topological polar surface area (TPSA) is 78.5 Å². The molecule has 0 N–H and O–H groups in total. The first-order valence-electron chi connectivity index (χ1n) is 10.2. The molecule has 0 spiro atoms. The molecule has 5 rings (SSSR count). The molecule has 4 aromatic heterocycles. The van der Waals surface area contributed by atoms with Crippen LogP contribution in [-0.2, 0) is 12.4 Å². The molecule has 7 nitrogen and oxygen atoms in total. The van der Waals surface area contributed by atoms with Crippen LogP contribution in [0.1, 0.15) is 11.3 Å². The number of hydrogen-bond donors (Lipinski definition) is 0. The van der Waals surface area contributed by atoms with Gasteiger partial charge in [0.25, 0.3) is 0 Å². The Balaban J connectivity index is 1.79. The van der Waals surface area contributed by atoms with Crippen molar-refractivity contribution in [3.05, 3.63) is 94.8 Å². The van der Waals surface area contributed by atoms with E-state index in [9.17, 15) is 31.1 Å². The molecule has 0 radical (unpaired) electrons. The second-order valence-electron chi connectivity index (χ2n) is 7.53. The Bertz CT molecular complexity index is 1640. The van der Waals surface area contributed by atoms with Gasteiger partial charge in [-0.05, 0) is 30.3 Å². The molecule has 0 unspecified atom stereocenters. The van der Waals surface area contributed by atoms with Gasteiger partial charge in [0.2, 0.25) is 5.43 Å². The van der Waals surface area contributed by atoms with Crippen LogP contribution < -0.4 is 5.43 Å². The minimum absolute atomic E-state index is 0.0264. The third-order valence-electron chi connectivity index (χ3n) is 5.26. The van der Waals surface area contributed by atoms with Gasteiger partial charge < -0.3 is 0 Å². The van der Waals surface area contributed by atoms with E-state index >= 15 is 0 Å². The average Bonchev–Trinajstić information content (AvgIpc) is 3.32. The van der Waals surface area contributed by atoms with E-state index in [1.807, 2.05) is 0 Å². The van der Waals surface area contributed by atoms with E-state index < -0.39 is 34.6 Å². The molecule has 1 aromatic carbocycles. The molecule has 0 aliphatic carbocycles. The Morgan fingerprint density at radius 1 is 0.833 bits per heavy atom. The highest BCUT2D eigenvalue weighted by Crippen LogP contribution is 2.39.